The van der Waals surface area contributed by atoms with Crippen LogP contribution in [0.4, 0.5) is 4.39 Å². The highest BCUT2D eigenvalue weighted by molar-refractivity contribution is 5.96. The molecular weight excluding hydrogens is 477 g/mol. The van der Waals surface area contributed by atoms with Gasteiger partial charge in [0.25, 0.3) is 0 Å². The van der Waals surface area contributed by atoms with Crippen molar-refractivity contribution in [3.8, 4) is 22.3 Å². The Morgan fingerprint density at radius 3 is 2.63 bits per heavy atom. The number of nitrogens with zero attached hydrogens (tertiary/aromatic N) is 4. The summed E-state index contributed by atoms with van der Waals surface area (Å²) in [6.07, 6.45) is 7.28. The zero-order valence-electron chi connectivity index (χ0n) is 21.5. The summed E-state index contributed by atoms with van der Waals surface area (Å²) in [6, 6.07) is 16.1. The molecular formula is C30H32FN7. The van der Waals surface area contributed by atoms with Crippen LogP contribution in [-0.2, 0) is 19.6 Å². The number of fused-ring (bicyclic) bond motifs is 1. The van der Waals surface area contributed by atoms with Crippen LogP contribution < -0.4 is 5.32 Å². The minimum absolute atomic E-state index is 0.250. The molecule has 6 rings (SSSR count). The Kier molecular flexibility index (Phi) is 7.00. The second-order valence-electron chi connectivity index (χ2n) is 10.1. The van der Waals surface area contributed by atoms with Crippen molar-refractivity contribution in [3.05, 3.63) is 96.1 Å². The minimum atomic E-state index is -0.250. The van der Waals surface area contributed by atoms with Gasteiger partial charge >= 0.3 is 0 Å². The van der Waals surface area contributed by atoms with E-state index in [1.54, 1.807) is 12.4 Å². The number of imidazole rings is 1. The van der Waals surface area contributed by atoms with E-state index in [0.29, 0.717) is 18.7 Å². The van der Waals surface area contributed by atoms with Crippen LogP contribution in [0.2, 0.25) is 0 Å². The van der Waals surface area contributed by atoms with E-state index >= 15 is 4.39 Å². The first-order valence-corrected chi connectivity index (χ1v) is 13.1. The summed E-state index contributed by atoms with van der Waals surface area (Å²) < 4.78 is 15.1. The molecule has 194 valence electrons. The fraction of sp³-hybridized carbons (Fsp3) is 0.267. The maximum Gasteiger partial charge on any atom is 0.137 e. The Bertz CT molecular complexity index is 1520. The van der Waals surface area contributed by atoms with Gasteiger partial charge in [-0.25, -0.2) is 14.4 Å². The van der Waals surface area contributed by atoms with Crippen LogP contribution in [0.15, 0.2) is 73.3 Å². The average molecular weight is 510 g/mol. The number of hydrogen-bond donors (Lipinski definition) is 3. The van der Waals surface area contributed by atoms with Crippen LogP contribution in [0.1, 0.15) is 17.0 Å². The normalized spacial score (nSPS) is 14.9. The lowest BCUT2D eigenvalue weighted by molar-refractivity contribution is 0.148. The number of nitrogens with one attached hydrogen (secondary N) is 3. The summed E-state index contributed by atoms with van der Waals surface area (Å²) in [4.78, 5) is 20.1. The summed E-state index contributed by atoms with van der Waals surface area (Å²) >= 11 is 0. The fourth-order valence-electron chi connectivity index (χ4n) is 5.11. The summed E-state index contributed by atoms with van der Waals surface area (Å²) in [5.41, 5.74) is 6.57. The fourth-order valence-corrected chi connectivity index (χ4v) is 5.11. The van der Waals surface area contributed by atoms with E-state index < -0.39 is 0 Å². The largest absolute Gasteiger partial charge is 0.348 e. The SMILES string of the molecule is CN1CCN(Cc2cccc(-c3cnc4[nH]cc(-c5cc(CNCc6ncc[nH]6)ccc5F)c4c3)c2)CC1. The molecule has 38 heavy (non-hydrogen) atoms. The molecule has 0 amide bonds. The Hall–Kier alpha value is -3.85. The third-order valence-corrected chi connectivity index (χ3v) is 7.29. The zero-order chi connectivity index (χ0) is 25.9. The Balaban J connectivity index is 1.24. The molecule has 8 heteroatoms. The quantitative estimate of drug-likeness (QED) is 0.280. The molecule has 0 saturated carbocycles. The van der Waals surface area contributed by atoms with E-state index in [0.717, 1.165) is 71.8 Å². The van der Waals surface area contributed by atoms with Gasteiger partial charge in [0.1, 0.15) is 17.3 Å². The number of halogens is 1. The third-order valence-electron chi connectivity index (χ3n) is 7.29. The molecule has 0 bridgehead atoms. The second kappa shape index (κ2) is 10.9. The molecule has 0 unspecified atom stereocenters. The number of H-pyrrole nitrogens is 2. The molecule has 4 heterocycles. The molecule has 3 aromatic heterocycles. The number of hydrogen-bond acceptors (Lipinski definition) is 5. The molecule has 5 aromatic rings. The summed E-state index contributed by atoms with van der Waals surface area (Å²) in [5.74, 6) is 0.621. The molecule has 0 aliphatic carbocycles. The first kappa shape index (κ1) is 24.5. The highest BCUT2D eigenvalue weighted by Gasteiger charge is 2.16. The van der Waals surface area contributed by atoms with Gasteiger partial charge in [-0.2, -0.15) is 0 Å². The van der Waals surface area contributed by atoms with Crippen LogP contribution in [-0.4, -0.2) is 63.0 Å². The van der Waals surface area contributed by atoms with E-state index in [9.17, 15) is 0 Å². The Morgan fingerprint density at radius 1 is 0.895 bits per heavy atom. The van der Waals surface area contributed by atoms with Gasteiger partial charge in [0, 0.05) is 86.1 Å². The molecule has 1 aliphatic heterocycles. The molecule has 1 aliphatic rings. The predicted octanol–water partition coefficient (Wildman–Crippen LogP) is 4.80. The lowest BCUT2D eigenvalue weighted by Gasteiger charge is -2.32. The molecule has 7 nitrogen and oxygen atoms in total. The number of pyridine rings is 1. The lowest BCUT2D eigenvalue weighted by atomic mass is 9.99. The number of benzene rings is 2. The smallest absolute Gasteiger partial charge is 0.137 e. The van der Waals surface area contributed by atoms with Crippen molar-refractivity contribution in [2.75, 3.05) is 33.2 Å². The number of aromatic nitrogens is 4. The van der Waals surface area contributed by atoms with E-state index in [1.807, 2.05) is 24.5 Å². The van der Waals surface area contributed by atoms with Gasteiger partial charge in [0.15, 0.2) is 0 Å². The summed E-state index contributed by atoms with van der Waals surface area (Å²) in [5, 5.41) is 4.27. The number of aromatic amines is 2. The summed E-state index contributed by atoms with van der Waals surface area (Å²) in [6.45, 7) is 6.56. The van der Waals surface area contributed by atoms with Crippen LogP contribution in [0.3, 0.4) is 0 Å². The predicted molar refractivity (Wildman–Crippen MR) is 149 cm³/mol. The highest BCUT2D eigenvalue weighted by Crippen LogP contribution is 2.33. The maximum absolute atomic E-state index is 15.1. The maximum atomic E-state index is 15.1. The second-order valence-corrected chi connectivity index (χ2v) is 10.1. The molecule has 0 radical (unpaired) electrons. The zero-order valence-corrected chi connectivity index (χ0v) is 21.5. The number of likely N-dealkylation sites (N-methyl/N-ethyl adjacent to an activating group) is 1. The van der Waals surface area contributed by atoms with Gasteiger partial charge in [-0.15, -0.1) is 0 Å². The van der Waals surface area contributed by atoms with Crippen LogP contribution in [0.5, 0.6) is 0 Å². The van der Waals surface area contributed by atoms with Crippen molar-refractivity contribution in [2.45, 2.75) is 19.6 Å². The van der Waals surface area contributed by atoms with Crippen molar-refractivity contribution in [2.24, 2.45) is 0 Å². The van der Waals surface area contributed by atoms with E-state index in [1.165, 1.54) is 11.6 Å². The van der Waals surface area contributed by atoms with Crippen molar-refractivity contribution in [1.82, 2.24) is 35.1 Å². The van der Waals surface area contributed by atoms with E-state index in [2.05, 4.69) is 72.4 Å². The third kappa shape index (κ3) is 5.38. The van der Waals surface area contributed by atoms with Gasteiger partial charge in [-0.05, 0) is 48.0 Å². The van der Waals surface area contributed by atoms with Gasteiger partial charge in [-0.3, -0.25) is 4.90 Å². The van der Waals surface area contributed by atoms with Crippen molar-refractivity contribution in [1.29, 1.82) is 0 Å². The molecule has 2 aromatic carbocycles. The Labute approximate surface area is 221 Å². The molecule has 3 N–H and O–H groups in total. The van der Waals surface area contributed by atoms with E-state index in [-0.39, 0.29) is 5.82 Å². The number of rotatable bonds is 8. The monoisotopic (exact) mass is 509 g/mol. The first-order valence-electron chi connectivity index (χ1n) is 13.1. The lowest BCUT2D eigenvalue weighted by Crippen LogP contribution is -2.43. The van der Waals surface area contributed by atoms with Gasteiger partial charge in [0.05, 0.1) is 6.54 Å². The molecule has 1 fully saturated rings. The molecule has 0 atom stereocenters. The first-order chi connectivity index (χ1) is 18.6. The topological polar surface area (TPSA) is 75.9 Å². The van der Waals surface area contributed by atoms with Crippen molar-refractivity contribution >= 4 is 11.0 Å². The van der Waals surface area contributed by atoms with Gasteiger partial charge in [-0.1, -0.05) is 24.3 Å². The average Bonchev–Trinajstić information content (AvgIpc) is 3.61. The highest BCUT2D eigenvalue weighted by atomic mass is 19.1. The van der Waals surface area contributed by atoms with Gasteiger partial charge < -0.3 is 20.2 Å². The van der Waals surface area contributed by atoms with Gasteiger partial charge in [0.2, 0.25) is 0 Å². The minimum Gasteiger partial charge on any atom is -0.348 e. The Morgan fingerprint density at radius 2 is 1.79 bits per heavy atom. The van der Waals surface area contributed by atoms with Crippen LogP contribution in [0, 0.1) is 5.82 Å². The molecule has 0 spiro atoms. The molecule has 1 saturated heterocycles. The number of piperazine rings is 1. The van der Waals surface area contributed by atoms with Crippen molar-refractivity contribution in [3.63, 3.8) is 0 Å². The summed E-state index contributed by atoms with van der Waals surface area (Å²) in [7, 11) is 2.18. The van der Waals surface area contributed by atoms with Crippen LogP contribution in [0.25, 0.3) is 33.3 Å². The van der Waals surface area contributed by atoms with Crippen molar-refractivity contribution < 1.29 is 4.39 Å². The standard InChI is InChI=1S/C30H32FN7/c1-37-9-11-38(12-10-37)20-22-3-2-4-23(13-22)24-15-26-27(18-36-30(26)35-17-24)25-14-21(5-6-28(25)31)16-32-19-29-33-7-8-34-29/h2-8,13-15,17-18,32H,9-12,16,19-20H2,1H3,(H,33,34)(H,35,36). The van der Waals surface area contributed by atoms with E-state index in [4.69, 9.17) is 0 Å². The van der Waals surface area contributed by atoms with Crippen LogP contribution >= 0.6 is 0 Å².